The molecule has 4 nitrogen and oxygen atoms in total. The molecule has 0 aliphatic carbocycles. The minimum Gasteiger partial charge on any atom is -0.327 e. The van der Waals surface area contributed by atoms with Gasteiger partial charge < -0.3 is 5.32 Å². The van der Waals surface area contributed by atoms with E-state index in [-0.39, 0.29) is 11.8 Å². The van der Waals surface area contributed by atoms with Gasteiger partial charge in [-0.2, -0.15) is 0 Å². The van der Waals surface area contributed by atoms with Crippen molar-refractivity contribution in [2.75, 3.05) is 4.90 Å². The maximum atomic E-state index is 13.1. The number of anilines is 1. The lowest BCUT2D eigenvalue weighted by molar-refractivity contribution is 0.0895. The zero-order chi connectivity index (χ0) is 15.6. The van der Waals surface area contributed by atoms with Crippen LogP contribution >= 0.6 is 0 Å². The van der Waals surface area contributed by atoms with Gasteiger partial charge in [0.2, 0.25) is 0 Å². The standard InChI is InChI=1S/C19H12N2O2/c22-18-12-7-1-2-10-15(12)21-17(20-18)13-8-3-5-11-6-4-9-14(16(11)13)19(21)23/h1-10,17H,(H,20,22). The van der Waals surface area contributed by atoms with Crippen molar-refractivity contribution in [3.8, 4) is 0 Å². The number of nitrogens with one attached hydrogen (secondary N) is 1. The van der Waals surface area contributed by atoms with Crippen molar-refractivity contribution in [2.45, 2.75) is 6.17 Å². The van der Waals surface area contributed by atoms with Gasteiger partial charge in [-0.15, -0.1) is 0 Å². The summed E-state index contributed by atoms with van der Waals surface area (Å²) in [6, 6.07) is 18.9. The Morgan fingerprint density at radius 2 is 1.57 bits per heavy atom. The molecule has 3 aromatic carbocycles. The summed E-state index contributed by atoms with van der Waals surface area (Å²) in [5.74, 6) is -0.224. The fourth-order valence-electron chi connectivity index (χ4n) is 3.63. The molecule has 0 saturated carbocycles. The van der Waals surface area contributed by atoms with Crippen LogP contribution in [0.1, 0.15) is 32.4 Å². The number of para-hydroxylation sites is 1. The van der Waals surface area contributed by atoms with E-state index in [1.165, 1.54) is 0 Å². The summed E-state index contributed by atoms with van der Waals surface area (Å²) in [5, 5.41) is 4.92. The molecule has 4 heteroatoms. The molecule has 0 fully saturated rings. The Morgan fingerprint density at radius 1 is 0.826 bits per heavy atom. The minimum atomic E-state index is -0.455. The van der Waals surface area contributed by atoms with E-state index in [1.807, 2.05) is 54.6 Å². The van der Waals surface area contributed by atoms with Crippen LogP contribution < -0.4 is 10.2 Å². The van der Waals surface area contributed by atoms with Gasteiger partial charge in [0.25, 0.3) is 11.8 Å². The predicted octanol–water partition coefficient (Wildman–Crippen LogP) is 3.24. The molecule has 23 heavy (non-hydrogen) atoms. The number of benzene rings is 3. The van der Waals surface area contributed by atoms with E-state index >= 15 is 0 Å². The van der Waals surface area contributed by atoms with Gasteiger partial charge in [-0.3, -0.25) is 14.5 Å². The Morgan fingerprint density at radius 3 is 2.43 bits per heavy atom. The summed E-state index contributed by atoms with van der Waals surface area (Å²) in [5.41, 5.74) is 2.84. The number of carbonyl (C=O) groups excluding carboxylic acids is 2. The molecule has 1 atom stereocenters. The molecule has 3 aromatic rings. The summed E-state index contributed by atoms with van der Waals surface area (Å²) in [6.45, 7) is 0. The van der Waals surface area contributed by atoms with E-state index in [0.717, 1.165) is 16.3 Å². The third-order valence-corrected chi connectivity index (χ3v) is 4.61. The molecule has 2 aliphatic heterocycles. The van der Waals surface area contributed by atoms with E-state index in [4.69, 9.17) is 0 Å². The normalized spacial score (nSPS) is 18.4. The highest BCUT2D eigenvalue weighted by molar-refractivity contribution is 6.20. The van der Waals surface area contributed by atoms with Gasteiger partial charge in [0, 0.05) is 16.5 Å². The second-order valence-electron chi connectivity index (χ2n) is 5.82. The molecule has 0 spiro atoms. The summed E-state index contributed by atoms with van der Waals surface area (Å²) >= 11 is 0. The second-order valence-corrected chi connectivity index (χ2v) is 5.82. The van der Waals surface area contributed by atoms with Gasteiger partial charge in [-0.05, 0) is 23.6 Å². The molecule has 0 bridgehead atoms. The first-order valence-corrected chi connectivity index (χ1v) is 7.51. The zero-order valence-electron chi connectivity index (χ0n) is 12.1. The largest absolute Gasteiger partial charge is 0.327 e. The van der Waals surface area contributed by atoms with E-state index in [9.17, 15) is 9.59 Å². The number of carbonyl (C=O) groups is 2. The molecule has 2 heterocycles. The Bertz CT molecular complexity index is 1000. The molecule has 0 aromatic heterocycles. The molecular weight excluding hydrogens is 288 g/mol. The van der Waals surface area contributed by atoms with Crippen molar-refractivity contribution in [1.82, 2.24) is 5.32 Å². The molecule has 0 radical (unpaired) electrons. The highest BCUT2D eigenvalue weighted by Crippen LogP contribution is 2.41. The van der Waals surface area contributed by atoms with Crippen LogP contribution in [0.25, 0.3) is 10.8 Å². The first-order chi connectivity index (χ1) is 11.3. The number of hydrogen-bond acceptors (Lipinski definition) is 2. The highest BCUT2D eigenvalue weighted by Gasteiger charge is 2.40. The van der Waals surface area contributed by atoms with Crippen LogP contribution in [0, 0.1) is 0 Å². The van der Waals surface area contributed by atoms with Crippen molar-refractivity contribution in [1.29, 1.82) is 0 Å². The number of nitrogens with zero attached hydrogens (tertiary/aromatic N) is 1. The van der Waals surface area contributed by atoms with Crippen LogP contribution in [-0.2, 0) is 0 Å². The van der Waals surface area contributed by atoms with Crippen molar-refractivity contribution < 1.29 is 9.59 Å². The van der Waals surface area contributed by atoms with E-state index in [2.05, 4.69) is 5.32 Å². The van der Waals surface area contributed by atoms with Crippen LogP contribution in [0.15, 0.2) is 60.7 Å². The lowest BCUT2D eigenvalue weighted by atomic mass is 9.90. The number of amides is 2. The van der Waals surface area contributed by atoms with Crippen molar-refractivity contribution >= 4 is 28.3 Å². The zero-order valence-corrected chi connectivity index (χ0v) is 12.1. The average molecular weight is 300 g/mol. The lowest BCUT2D eigenvalue weighted by Gasteiger charge is -2.41. The summed E-state index contributed by atoms with van der Waals surface area (Å²) in [6.07, 6.45) is -0.455. The van der Waals surface area contributed by atoms with Gasteiger partial charge in [-0.1, -0.05) is 42.5 Å². The van der Waals surface area contributed by atoms with E-state index in [0.29, 0.717) is 16.8 Å². The van der Waals surface area contributed by atoms with Gasteiger partial charge >= 0.3 is 0 Å². The summed E-state index contributed by atoms with van der Waals surface area (Å²) < 4.78 is 0. The smallest absolute Gasteiger partial charge is 0.260 e. The topological polar surface area (TPSA) is 49.4 Å². The minimum absolute atomic E-state index is 0.0771. The molecular formula is C19H12N2O2. The van der Waals surface area contributed by atoms with Gasteiger partial charge in [0.15, 0.2) is 0 Å². The second kappa shape index (κ2) is 4.20. The summed E-state index contributed by atoms with van der Waals surface area (Å²) in [7, 11) is 0. The fourth-order valence-corrected chi connectivity index (χ4v) is 3.63. The van der Waals surface area contributed by atoms with Crippen LogP contribution in [-0.4, -0.2) is 11.8 Å². The summed E-state index contributed by atoms with van der Waals surface area (Å²) in [4.78, 5) is 27.2. The molecule has 0 saturated heterocycles. The Hall–Kier alpha value is -3.14. The molecule has 110 valence electrons. The van der Waals surface area contributed by atoms with E-state index < -0.39 is 6.17 Å². The van der Waals surface area contributed by atoms with Crippen molar-refractivity contribution in [3.05, 3.63) is 77.4 Å². The molecule has 5 rings (SSSR count). The monoisotopic (exact) mass is 300 g/mol. The number of fused-ring (bicyclic) bond motifs is 4. The third-order valence-electron chi connectivity index (χ3n) is 4.61. The number of rotatable bonds is 0. The van der Waals surface area contributed by atoms with Gasteiger partial charge in [-0.25, -0.2) is 0 Å². The van der Waals surface area contributed by atoms with Gasteiger partial charge in [0.05, 0.1) is 11.3 Å². The van der Waals surface area contributed by atoms with E-state index in [1.54, 1.807) is 11.0 Å². The van der Waals surface area contributed by atoms with Crippen LogP contribution in [0.4, 0.5) is 5.69 Å². The lowest BCUT2D eigenvalue weighted by Crippen LogP contribution is -2.51. The first kappa shape index (κ1) is 12.4. The molecule has 2 amide bonds. The van der Waals surface area contributed by atoms with Crippen LogP contribution in [0.3, 0.4) is 0 Å². The Labute approximate surface area is 132 Å². The Kier molecular flexibility index (Phi) is 2.26. The van der Waals surface area contributed by atoms with Crippen molar-refractivity contribution in [3.63, 3.8) is 0 Å². The van der Waals surface area contributed by atoms with Crippen LogP contribution in [0.2, 0.25) is 0 Å². The maximum absolute atomic E-state index is 13.1. The van der Waals surface area contributed by atoms with Crippen LogP contribution in [0.5, 0.6) is 0 Å². The fraction of sp³-hybridized carbons (Fsp3) is 0.0526. The van der Waals surface area contributed by atoms with Gasteiger partial charge in [0.1, 0.15) is 6.17 Å². The highest BCUT2D eigenvalue weighted by atomic mass is 16.2. The maximum Gasteiger partial charge on any atom is 0.260 e. The Balaban J connectivity index is 1.86. The van der Waals surface area contributed by atoms with Crippen molar-refractivity contribution in [2.24, 2.45) is 0 Å². The predicted molar refractivity (Wildman–Crippen MR) is 87.4 cm³/mol. The number of hydrogen-bond donors (Lipinski definition) is 1. The third kappa shape index (κ3) is 1.50. The quantitative estimate of drug-likeness (QED) is 0.693. The molecule has 1 N–H and O–H groups in total. The molecule has 2 aliphatic rings. The average Bonchev–Trinajstić information content (AvgIpc) is 2.59. The molecule has 1 unspecified atom stereocenters. The SMILES string of the molecule is O=C1NC2c3cccc4cccc(c34)C(=O)N2c2ccccc21. The first-order valence-electron chi connectivity index (χ1n) is 7.51.